The van der Waals surface area contributed by atoms with Crippen molar-refractivity contribution in [2.45, 2.75) is 38.1 Å². The Bertz CT molecular complexity index is 308. The zero-order chi connectivity index (χ0) is 13.2. The van der Waals surface area contributed by atoms with E-state index in [0.29, 0.717) is 5.92 Å². The third kappa shape index (κ3) is 3.04. The molecule has 0 radical (unpaired) electrons. The topological polar surface area (TPSA) is 41.6 Å². The molecule has 0 amide bonds. The van der Waals surface area contributed by atoms with E-state index in [0.717, 1.165) is 18.9 Å². The second kappa shape index (κ2) is 5.57. The summed E-state index contributed by atoms with van der Waals surface area (Å²) >= 11 is 0. The highest BCUT2D eigenvalue weighted by molar-refractivity contribution is 5.80. The molecule has 2 aliphatic rings. The Labute approximate surface area is 110 Å². The molecule has 0 aromatic carbocycles. The summed E-state index contributed by atoms with van der Waals surface area (Å²) < 4.78 is 4.88. The van der Waals surface area contributed by atoms with E-state index >= 15 is 0 Å². The molecule has 104 valence electrons. The van der Waals surface area contributed by atoms with Gasteiger partial charge in [-0.3, -0.25) is 4.79 Å². The average molecular weight is 254 g/mol. The number of hydrogen-bond acceptors (Lipinski definition) is 4. The third-order valence-corrected chi connectivity index (χ3v) is 4.50. The monoisotopic (exact) mass is 254 g/mol. The Morgan fingerprint density at radius 1 is 1.50 bits per heavy atom. The van der Waals surface area contributed by atoms with Crippen LogP contribution in [0.3, 0.4) is 0 Å². The lowest BCUT2D eigenvalue weighted by atomic mass is 9.85. The van der Waals surface area contributed by atoms with Gasteiger partial charge in [0.2, 0.25) is 0 Å². The Morgan fingerprint density at radius 3 is 2.94 bits per heavy atom. The number of carbonyl (C=O) groups is 1. The van der Waals surface area contributed by atoms with Gasteiger partial charge < -0.3 is 15.0 Å². The molecule has 2 aliphatic heterocycles. The number of esters is 1. The van der Waals surface area contributed by atoms with Crippen molar-refractivity contribution in [1.29, 1.82) is 0 Å². The highest BCUT2D eigenvalue weighted by Crippen LogP contribution is 2.32. The van der Waals surface area contributed by atoms with Crippen molar-refractivity contribution < 1.29 is 9.53 Å². The summed E-state index contributed by atoms with van der Waals surface area (Å²) in [5, 5.41) is 3.35. The van der Waals surface area contributed by atoms with Gasteiger partial charge in [0.25, 0.3) is 0 Å². The summed E-state index contributed by atoms with van der Waals surface area (Å²) in [4.78, 5) is 14.2. The minimum atomic E-state index is -0.458. The lowest BCUT2D eigenvalue weighted by Crippen LogP contribution is -2.45. The van der Waals surface area contributed by atoms with Crippen molar-refractivity contribution in [2.24, 2.45) is 11.8 Å². The second-order valence-corrected chi connectivity index (χ2v) is 6.28. The number of nitrogens with zero attached hydrogens (tertiary/aromatic N) is 1. The lowest BCUT2D eigenvalue weighted by Gasteiger charge is -2.31. The number of hydrogen-bond donors (Lipinski definition) is 1. The summed E-state index contributed by atoms with van der Waals surface area (Å²) in [5.74, 6) is 1.30. The van der Waals surface area contributed by atoms with Crippen molar-refractivity contribution in [3.8, 4) is 0 Å². The second-order valence-electron chi connectivity index (χ2n) is 6.28. The van der Waals surface area contributed by atoms with Gasteiger partial charge in [-0.15, -0.1) is 0 Å². The minimum Gasteiger partial charge on any atom is -0.468 e. The summed E-state index contributed by atoms with van der Waals surface area (Å²) in [6.45, 7) is 5.36. The number of carbonyl (C=O) groups excluding carboxylic acids is 1. The van der Waals surface area contributed by atoms with Gasteiger partial charge in [0.1, 0.15) is 5.54 Å². The van der Waals surface area contributed by atoms with Crippen LogP contribution in [0.25, 0.3) is 0 Å². The fourth-order valence-corrected chi connectivity index (χ4v) is 3.58. The zero-order valence-corrected chi connectivity index (χ0v) is 11.9. The first-order valence-electron chi connectivity index (χ1n) is 7.05. The summed E-state index contributed by atoms with van der Waals surface area (Å²) in [6.07, 6.45) is 4.81. The molecule has 1 N–H and O–H groups in total. The van der Waals surface area contributed by atoms with Gasteiger partial charge in [-0.2, -0.15) is 0 Å². The molecule has 3 atom stereocenters. The van der Waals surface area contributed by atoms with Crippen LogP contribution in [0.4, 0.5) is 0 Å². The molecule has 0 aromatic heterocycles. The number of ether oxygens (including phenoxy) is 1. The first-order chi connectivity index (χ1) is 8.53. The van der Waals surface area contributed by atoms with Crippen molar-refractivity contribution in [1.82, 2.24) is 10.2 Å². The SMILES string of the molecule is COC(=O)C1(C)CC(CC2CCCN(C)C2)CN1. The van der Waals surface area contributed by atoms with Gasteiger partial charge in [-0.1, -0.05) is 0 Å². The van der Waals surface area contributed by atoms with Gasteiger partial charge in [0, 0.05) is 6.54 Å². The first kappa shape index (κ1) is 13.8. The number of nitrogens with one attached hydrogen (secondary N) is 1. The van der Waals surface area contributed by atoms with Crippen LogP contribution in [-0.4, -0.2) is 50.2 Å². The number of rotatable bonds is 3. The molecule has 18 heavy (non-hydrogen) atoms. The fraction of sp³-hybridized carbons (Fsp3) is 0.929. The highest BCUT2D eigenvalue weighted by atomic mass is 16.5. The Balaban J connectivity index is 1.84. The maximum absolute atomic E-state index is 11.7. The van der Waals surface area contributed by atoms with Crippen LogP contribution in [0.15, 0.2) is 0 Å². The molecule has 4 heteroatoms. The molecule has 2 heterocycles. The van der Waals surface area contributed by atoms with Gasteiger partial charge >= 0.3 is 5.97 Å². The van der Waals surface area contributed by atoms with Crippen molar-refractivity contribution >= 4 is 5.97 Å². The van der Waals surface area contributed by atoms with E-state index in [9.17, 15) is 4.79 Å². The zero-order valence-electron chi connectivity index (χ0n) is 11.9. The van der Waals surface area contributed by atoms with Crippen molar-refractivity contribution in [3.05, 3.63) is 0 Å². The molecule has 3 unspecified atom stereocenters. The lowest BCUT2D eigenvalue weighted by molar-refractivity contribution is -0.147. The van der Waals surface area contributed by atoms with Gasteiger partial charge in [0.15, 0.2) is 0 Å². The Kier molecular flexibility index (Phi) is 4.28. The summed E-state index contributed by atoms with van der Waals surface area (Å²) in [6, 6.07) is 0. The van der Waals surface area contributed by atoms with E-state index < -0.39 is 5.54 Å². The molecule has 0 saturated carbocycles. The standard InChI is InChI=1S/C14H26N2O2/c1-14(13(17)18-3)8-12(9-15-14)7-11-5-4-6-16(2)10-11/h11-12,15H,4-10H2,1-3H3. The van der Waals surface area contributed by atoms with Gasteiger partial charge in [0.05, 0.1) is 7.11 Å². The molecular formula is C14H26N2O2. The normalized spacial score (nSPS) is 37.7. The van der Waals surface area contributed by atoms with Crippen LogP contribution < -0.4 is 5.32 Å². The van der Waals surface area contributed by atoms with E-state index in [2.05, 4.69) is 17.3 Å². The molecule has 4 nitrogen and oxygen atoms in total. The van der Waals surface area contributed by atoms with Crippen molar-refractivity contribution in [2.75, 3.05) is 33.8 Å². The molecule has 0 aromatic rings. The fourth-order valence-electron chi connectivity index (χ4n) is 3.58. The van der Waals surface area contributed by atoms with E-state index in [1.54, 1.807) is 0 Å². The number of methoxy groups -OCH3 is 1. The van der Waals surface area contributed by atoms with Crippen molar-refractivity contribution in [3.63, 3.8) is 0 Å². The molecule has 2 rings (SSSR count). The molecule has 2 fully saturated rings. The van der Waals surface area contributed by atoms with Gasteiger partial charge in [-0.05, 0) is 64.6 Å². The summed E-state index contributed by atoms with van der Waals surface area (Å²) in [5.41, 5.74) is -0.458. The van der Waals surface area contributed by atoms with Crippen LogP contribution in [0.1, 0.15) is 32.6 Å². The predicted molar refractivity (Wildman–Crippen MR) is 71.4 cm³/mol. The Morgan fingerprint density at radius 2 is 2.28 bits per heavy atom. The van der Waals surface area contributed by atoms with Crippen LogP contribution in [-0.2, 0) is 9.53 Å². The average Bonchev–Trinajstić information content (AvgIpc) is 2.71. The smallest absolute Gasteiger partial charge is 0.325 e. The predicted octanol–water partition coefficient (Wildman–Crippen LogP) is 1.26. The largest absolute Gasteiger partial charge is 0.468 e. The summed E-state index contributed by atoms with van der Waals surface area (Å²) in [7, 11) is 3.68. The highest BCUT2D eigenvalue weighted by Gasteiger charge is 2.42. The van der Waals surface area contributed by atoms with E-state index in [4.69, 9.17) is 4.74 Å². The maximum atomic E-state index is 11.7. The van der Waals surface area contributed by atoms with Crippen LogP contribution in [0.5, 0.6) is 0 Å². The minimum absolute atomic E-state index is 0.120. The maximum Gasteiger partial charge on any atom is 0.325 e. The molecule has 2 saturated heterocycles. The van der Waals surface area contributed by atoms with E-state index in [1.807, 2.05) is 6.92 Å². The van der Waals surface area contributed by atoms with E-state index in [1.165, 1.54) is 39.5 Å². The van der Waals surface area contributed by atoms with Gasteiger partial charge in [-0.25, -0.2) is 0 Å². The number of likely N-dealkylation sites (tertiary alicyclic amines) is 1. The molecule has 0 aliphatic carbocycles. The quantitative estimate of drug-likeness (QED) is 0.770. The Hall–Kier alpha value is -0.610. The first-order valence-corrected chi connectivity index (χ1v) is 7.05. The van der Waals surface area contributed by atoms with E-state index in [-0.39, 0.29) is 5.97 Å². The number of piperidine rings is 1. The molecular weight excluding hydrogens is 228 g/mol. The molecule has 0 bridgehead atoms. The third-order valence-electron chi connectivity index (χ3n) is 4.50. The van der Waals surface area contributed by atoms with Crippen LogP contribution >= 0.6 is 0 Å². The van der Waals surface area contributed by atoms with Crippen LogP contribution in [0, 0.1) is 11.8 Å². The molecule has 0 spiro atoms. The van der Waals surface area contributed by atoms with Crippen LogP contribution in [0.2, 0.25) is 0 Å².